The first kappa shape index (κ1) is 29.5. The van der Waals surface area contributed by atoms with E-state index in [1.165, 1.54) is 38.5 Å². The molecular formula is C23H27F3N2O8S. The average Bonchev–Trinajstić information content (AvgIpc) is 3.12. The molecule has 10 nitrogen and oxygen atoms in total. The van der Waals surface area contributed by atoms with Gasteiger partial charge in [-0.2, -0.15) is 13.2 Å². The van der Waals surface area contributed by atoms with Crippen LogP contribution in [0, 0.1) is 0 Å². The van der Waals surface area contributed by atoms with Crippen molar-refractivity contribution in [3.8, 4) is 11.5 Å². The molecule has 3 N–H and O–H groups in total. The van der Waals surface area contributed by atoms with Gasteiger partial charge in [-0.25, -0.2) is 18.0 Å². The number of aliphatic carboxylic acids is 1. The van der Waals surface area contributed by atoms with Gasteiger partial charge in [-0.15, -0.1) is 0 Å². The van der Waals surface area contributed by atoms with Crippen LogP contribution in [0.15, 0.2) is 41.3 Å². The molecule has 0 unspecified atom stereocenters. The van der Waals surface area contributed by atoms with Crippen molar-refractivity contribution in [3.63, 3.8) is 0 Å². The number of methoxy groups -OCH3 is 2. The molecule has 0 radical (unpaired) electrons. The van der Waals surface area contributed by atoms with Crippen molar-refractivity contribution in [2.45, 2.75) is 36.8 Å². The Morgan fingerprint density at radius 2 is 1.49 bits per heavy atom. The Balaban J connectivity index is 0.000000604. The second-order valence-corrected chi connectivity index (χ2v) is 9.55. The number of hydrogen-bond donors (Lipinski definition) is 3. The molecule has 37 heavy (non-hydrogen) atoms. The number of nitrogens with one attached hydrogen (secondary N) is 1. The lowest BCUT2D eigenvalue weighted by atomic mass is 10.1. The van der Waals surface area contributed by atoms with Crippen molar-refractivity contribution in [2.24, 2.45) is 0 Å². The van der Waals surface area contributed by atoms with E-state index in [-0.39, 0.29) is 21.9 Å². The third-order valence-electron chi connectivity index (χ3n) is 5.33. The molecule has 1 aliphatic rings. The van der Waals surface area contributed by atoms with Crippen LogP contribution in [0.4, 0.5) is 24.5 Å². The largest absolute Gasteiger partial charge is 0.493 e. The van der Waals surface area contributed by atoms with Gasteiger partial charge in [0.1, 0.15) is 0 Å². The monoisotopic (exact) mass is 548 g/mol. The molecule has 2 aromatic carbocycles. The van der Waals surface area contributed by atoms with E-state index in [0.29, 0.717) is 11.4 Å². The molecule has 14 heteroatoms. The normalized spacial score (nSPS) is 14.0. The summed E-state index contributed by atoms with van der Waals surface area (Å²) < 4.78 is 70.1. The number of ether oxygens (including phenoxy) is 2. The highest BCUT2D eigenvalue weighted by Crippen LogP contribution is 2.31. The van der Waals surface area contributed by atoms with Gasteiger partial charge in [0.2, 0.25) is 0 Å². The van der Waals surface area contributed by atoms with Crippen LogP contribution in [0.3, 0.4) is 0 Å². The number of alkyl halides is 3. The lowest BCUT2D eigenvalue weighted by molar-refractivity contribution is -0.192. The topological polar surface area (TPSA) is 142 Å². The molecule has 3 rings (SSSR count). The van der Waals surface area contributed by atoms with E-state index in [1.54, 1.807) is 12.1 Å². The molecule has 0 saturated carbocycles. The van der Waals surface area contributed by atoms with Crippen LogP contribution in [0.2, 0.25) is 0 Å². The summed E-state index contributed by atoms with van der Waals surface area (Å²) in [5, 5.41) is 16.8. The highest BCUT2D eigenvalue weighted by Gasteiger charge is 2.38. The number of carboxylic acids is 2. The van der Waals surface area contributed by atoms with Crippen LogP contribution in [0.1, 0.15) is 36.0 Å². The van der Waals surface area contributed by atoms with Crippen molar-refractivity contribution in [1.82, 2.24) is 0 Å². The Morgan fingerprint density at radius 1 is 0.919 bits per heavy atom. The van der Waals surface area contributed by atoms with Gasteiger partial charge >= 0.3 is 18.1 Å². The number of sulfonamides is 1. The van der Waals surface area contributed by atoms with E-state index in [4.69, 9.17) is 19.4 Å². The van der Waals surface area contributed by atoms with Gasteiger partial charge in [-0.3, -0.25) is 4.72 Å². The number of carbonyl (C=O) groups is 2. The van der Waals surface area contributed by atoms with Crippen molar-refractivity contribution in [2.75, 3.05) is 36.9 Å². The van der Waals surface area contributed by atoms with E-state index in [9.17, 15) is 31.5 Å². The summed E-state index contributed by atoms with van der Waals surface area (Å²) >= 11 is 0. The number of rotatable bonds is 7. The minimum atomic E-state index is -5.08. The summed E-state index contributed by atoms with van der Waals surface area (Å²) in [6.07, 6.45) is -0.816. The number of carboxylic acid groups (broad SMARTS) is 2. The van der Waals surface area contributed by atoms with Gasteiger partial charge in [0, 0.05) is 24.8 Å². The van der Waals surface area contributed by atoms with E-state index < -0.39 is 28.1 Å². The number of benzene rings is 2. The summed E-state index contributed by atoms with van der Waals surface area (Å²) in [7, 11) is -1.07. The molecule has 0 aliphatic carbocycles. The van der Waals surface area contributed by atoms with E-state index in [0.717, 1.165) is 38.8 Å². The summed E-state index contributed by atoms with van der Waals surface area (Å²) in [5.41, 5.74) is 0.864. The maximum atomic E-state index is 12.8. The summed E-state index contributed by atoms with van der Waals surface area (Å²) in [6.45, 7) is 1.58. The molecule has 0 spiro atoms. The third kappa shape index (κ3) is 8.17. The molecule has 0 aromatic heterocycles. The van der Waals surface area contributed by atoms with Crippen LogP contribution >= 0.6 is 0 Å². The second kappa shape index (κ2) is 12.5. The van der Waals surface area contributed by atoms with Gasteiger partial charge in [0.05, 0.1) is 30.4 Å². The molecule has 1 aliphatic heterocycles. The average molecular weight is 549 g/mol. The zero-order valence-electron chi connectivity index (χ0n) is 20.0. The highest BCUT2D eigenvalue weighted by atomic mass is 32.2. The maximum Gasteiger partial charge on any atom is 0.490 e. The van der Waals surface area contributed by atoms with Gasteiger partial charge in [-0.05, 0) is 43.2 Å². The fraction of sp³-hybridized carbons (Fsp3) is 0.391. The number of nitrogens with zero attached hydrogens (tertiary/aromatic N) is 1. The second-order valence-electron chi connectivity index (χ2n) is 7.86. The summed E-state index contributed by atoms with van der Waals surface area (Å²) in [5.74, 6) is -3.16. The Labute approximate surface area is 211 Å². The predicted octanol–water partition coefficient (Wildman–Crippen LogP) is 4.22. The molecule has 1 fully saturated rings. The molecule has 2 aromatic rings. The Hall–Kier alpha value is -3.68. The zero-order chi connectivity index (χ0) is 27.8. The van der Waals surface area contributed by atoms with E-state index in [2.05, 4.69) is 9.62 Å². The van der Waals surface area contributed by atoms with Gasteiger partial charge in [0.25, 0.3) is 10.0 Å². The molecule has 1 saturated heterocycles. The first-order valence-corrected chi connectivity index (χ1v) is 12.5. The molecule has 0 atom stereocenters. The van der Waals surface area contributed by atoms with Crippen LogP contribution in [-0.4, -0.2) is 64.1 Å². The molecule has 0 bridgehead atoms. The molecule has 1 heterocycles. The van der Waals surface area contributed by atoms with Gasteiger partial charge in [0.15, 0.2) is 11.5 Å². The van der Waals surface area contributed by atoms with Crippen molar-refractivity contribution >= 4 is 33.3 Å². The first-order chi connectivity index (χ1) is 17.3. The summed E-state index contributed by atoms with van der Waals surface area (Å²) in [4.78, 5) is 22.8. The van der Waals surface area contributed by atoms with E-state index >= 15 is 0 Å². The molecular weight excluding hydrogens is 521 g/mol. The van der Waals surface area contributed by atoms with Crippen molar-refractivity contribution in [1.29, 1.82) is 0 Å². The minimum absolute atomic E-state index is 0.0198. The Morgan fingerprint density at radius 3 is 1.97 bits per heavy atom. The van der Waals surface area contributed by atoms with E-state index in [1.807, 2.05) is 0 Å². The van der Waals surface area contributed by atoms with Crippen LogP contribution in [0.5, 0.6) is 11.5 Å². The number of aromatic carboxylic acids is 1. The number of hydrogen-bond acceptors (Lipinski definition) is 7. The van der Waals surface area contributed by atoms with Crippen LogP contribution in [-0.2, 0) is 14.8 Å². The Bertz CT molecular complexity index is 1210. The van der Waals surface area contributed by atoms with Crippen molar-refractivity contribution in [3.05, 3.63) is 42.0 Å². The maximum absolute atomic E-state index is 12.8. The lowest BCUT2D eigenvalue weighted by Gasteiger charge is -2.25. The fourth-order valence-electron chi connectivity index (χ4n) is 3.56. The Kier molecular flexibility index (Phi) is 10.00. The first-order valence-electron chi connectivity index (χ1n) is 11.0. The fourth-order valence-corrected chi connectivity index (χ4v) is 4.62. The van der Waals surface area contributed by atoms with Crippen LogP contribution in [0.25, 0.3) is 0 Å². The third-order valence-corrected chi connectivity index (χ3v) is 6.71. The molecule has 204 valence electrons. The smallest absolute Gasteiger partial charge is 0.490 e. The quantitative estimate of drug-likeness (QED) is 0.464. The lowest BCUT2D eigenvalue weighted by Crippen LogP contribution is -2.26. The summed E-state index contributed by atoms with van der Waals surface area (Å²) in [6, 6.07) is 8.86. The minimum Gasteiger partial charge on any atom is -0.493 e. The van der Waals surface area contributed by atoms with Crippen molar-refractivity contribution < 1.29 is 50.9 Å². The predicted molar refractivity (Wildman–Crippen MR) is 128 cm³/mol. The van der Waals surface area contributed by atoms with Gasteiger partial charge in [-0.1, -0.05) is 12.8 Å². The number of halogens is 3. The van der Waals surface area contributed by atoms with Gasteiger partial charge < -0.3 is 24.6 Å². The number of anilines is 2. The standard InChI is InChI=1S/C21H26N2O6S.C2HF3O2/c1-28-19-10-8-16(14-20(19)29-2)30(26,27)22-15-7-9-18(17(13-15)21(24)25)23-11-5-3-4-6-12-23;3-2(4,5)1(6)7/h7-10,13-14,22H,3-6,11-12H2,1-2H3,(H,24,25);(H,6,7). The zero-order valence-corrected chi connectivity index (χ0v) is 20.9. The highest BCUT2D eigenvalue weighted by molar-refractivity contribution is 7.92. The van der Waals surface area contributed by atoms with Crippen LogP contribution < -0.4 is 19.1 Å². The SMILES string of the molecule is COc1ccc(S(=O)(=O)Nc2ccc(N3CCCCCC3)c(C(=O)O)c2)cc1OC.O=C(O)C(F)(F)F. The molecule has 0 amide bonds.